The Morgan fingerprint density at radius 2 is 1.67 bits per heavy atom. The Balaban J connectivity index is 2.90. The largest absolute Gasteiger partial charge is 0.480 e. The van der Waals surface area contributed by atoms with Crippen molar-refractivity contribution < 1.29 is 18.3 Å². The van der Waals surface area contributed by atoms with E-state index in [4.69, 9.17) is 5.11 Å². The molecule has 0 aromatic heterocycles. The van der Waals surface area contributed by atoms with Gasteiger partial charge in [0.25, 0.3) is 0 Å². The highest BCUT2D eigenvalue weighted by atomic mass is 32.2. The van der Waals surface area contributed by atoms with Crippen molar-refractivity contribution >= 4 is 15.8 Å². The second-order valence-corrected chi connectivity index (χ2v) is 6.40. The number of carboxylic acids is 1. The quantitative estimate of drug-likeness (QED) is 0.858. The lowest BCUT2D eigenvalue weighted by Crippen LogP contribution is -2.30. The molecule has 0 aliphatic rings. The van der Waals surface area contributed by atoms with Crippen molar-refractivity contribution in [2.45, 2.75) is 37.7 Å². The van der Waals surface area contributed by atoms with Crippen LogP contribution in [0.1, 0.15) is 31.4 Å². The molecular formula is C13H18O4S. The van der Waals surface area contributed by atoms with Crippen molar-refractivity contribution in [3.05, 3.63) is 35.4 Å². The van der Waals surface area contributed by atoms with Gasteiger partial charge in [0.2, 0.25) is 0 Å². The third kappa shape index (κ3) is 3.57. The lowest BCUT2D eigenvalue weighted by Gasteiger charge is -2.11. The van der Waals surface area contributed by atoms with Crippen LogP contribution in [0.4, 0.5) is 0 Å². The first-order chi connectivity index (χ1) is 8.40. The molecule has 1 atom stereocenters. The van der Waals surface area contributed by atoms with E-state index in [0.717, 1.165) is 12.0 Å². The van der Waals surface area contributed by atoms with Gasteiger partial charge >= 0.3 is 5.97 Å². The summed E-state index contributed by atoms with van der Waals surface area (Å²) in [5, 5.41) is 7.57. The van der Waals surface area contributed by atoms with Gasteiger partial charge in [-0.2, -0.15) is 0 Å². The zero-order valence-electron chi connectivity index (χ0n) is 10.6. The molecule has 0 heterocycles. The van der Waals surface area contributed by atoms with E-state index in [2.05, 4.69) is 0 Å². The minimum Gasteiger partial charge on any atom is -0.480 e. The molecular weight excluding hydrogens is 252 g/mol. The maximum atomic E-state index is 11.9. The number of hydrogen-bond acceptors (Lipinski definition) is 3. The Labute approximate surface area is 108 Å². The molecule has 0 fully saturated rings. The van der Waals surface area contributed by atoms with Crippen LogP contribution >= 0.6 is 0 Å². The molecule has 0 spiro atoms. The third-order valence-corrected chi connectivity index (χ3v) is 5.02. The summed E-state index contributed by atoms with van der Waals surface area (Å²) < 4.78 is 23.9. The Bertz CT molecular complexity index is 502. The van der Waals surface area contributed by atoms with E-state index >= 15 is 0 Å². The van der Waals surface area contributed by atoms with E-state index in [1.165, 1.54) is 0 Å². The summed E-state index contributed by atoms with van der Waals surface area (Å²) in [7, 11) is -3.64. The molecule has 1 rings (SSSR count). The minimum absolute atomic E-state index is 0.0880. The number of carbonyl (C=O) groups is 1. The maximum absolute atomic E-state index is 11.9. The number of benzene rings is 1. The smallest absolute Gasteiger partial charge is 0.321 e. The van der Waals surface area contributed by atoms with Gasteiger partial charge in [0.05, 0.1) is 5.75 Å². The van der Waals surface area contributed by atoms with Crippen molar-refractivity contribution in [1.82, 2.24) is 0 Å². The lowest BCUT2D eigenvalue weighted by molar-refractivity contribution is -0.136. The van der Waals surface area contributed by atoms with Gasteiger partial charge in [-0.3, -0.25) is 4.79 Å². The van der Waals surface area contributed by atoms with E-state index in [1.807, 2.05) is 19.1 Å². The summed E-state index contributed by atoms with van der Waals surface area (Å²) in [6.07, 6.45) is 0.977. The first-order valence-electron chi connectivity index (χ1n) is 5.93. The van der Waals surface area contributed by atoms with E-state index in [0.29, 0.717) is 5.56 Å². The Morgan fingerprint density at radius 1 is 1.17 bits per heavy atom. The fourth-order valence-corrected chi connectivity index (χ4v) is 3.46. The molecule has 0 aliphatic heterocycles. The highest BCUT2D eigenvalue weighted by Gasteiger charge is 2.30. The molecule has 1 N–H and O–H groups in total. The van der Waals surface area contributed by atoms with E-state index in [1.54, 1.807) is 19.1 Å². The molecule has 0 aliphatic carbocycles. The van der Waals surface area contributed by atoms with Gasteiger partial charge < -0.3 is 5.11 Å². The van der Waals surface area contributed by atoms with Crippen molar-refractivity contribution in [2.24, 2.45) is 0 Å². The summed E-state index contributed by atoms with van der Waals surface area (Å²) in [4.78, 5) is 10.9. The zero-order chi connectivity index (χ0) is 13.8. The Morgan fingerprint density at radius 3 is 2.06 bits per heavy atom. The standard InChI is InChI=1S/C13H18O4S/c1-3-10-5-7-11(8-6-10)9-18(16,17)12(4-2)13(14)15/h5-8,12H,3-4,9H2,1-2H3,(H,14,15). The fraction of sp³-hybridized carbons (Fsp3) is 0.462. The molecule has 4 nitrogen and oxygen atoms in total. The van der Waals surface area contributed by atoms with Gasteiger partial charge in [-0.15, -0.1) is 0 Å². The minimum atomic E-state index is -3.64. The summed E-state index contributed by atoms with van der Waals surface area (Å²) in [6, 6.07) is 7.22. The fourth-order valence-electron chi connectivity index (χ4n) is 1.79. The second-order valence-electron chi connectivity index (χ2n) is 4.21. The molecule has 5 heteroatoms. The van der Waals surface area contributed by atoms with Crippen molar-refractivity contribution in [2.75, 3.05) is 0 Å². The van der Waals surface area contributed by atoms with Crippen LogP contribution in [-0.2, 0) is 26.8 Å². The predicted octanol–water partition coefficient (Wildman–Crippen LogP) is 2.03. The summed E-state index contributed by atoms with van der Waals surface area (Å²) in [6.45, 7) is 3.58. The molecule has 0 radical (unpaired) electrons. The number of sulfone groups is 1. The van der Waals surface area contributed by atoms with E-state index in [9.17, 15) is 13.2 Å². The van der Waals surface area contributed by atoms with Gasteiger partial charge in [-0.05, 0) is 24.0 Å². The molecule has 1 aromatic carbocycles. The number of carboxylic acid groups (broad SMARTS) is 1. The van der Waals surface area contributed by atoms with Crippen molar-refractivity contribution in [1.29, 1.82) is 0 Å². The topological polar surface area (TPSA) is 71.4 Å². The first-order valence-corrected chi connectivity index (χ1v) is 7.64. The van der Waals surface area contributed by atoms with Crippen LogP contribution in [0.2, 0.25) is 0 Å². The monoisotopic (exact) mass is 270 g/mol. The highest BCUT2D eigenvalue weighted by molar-refractivity contribution is 7.92. The molecule has 1 aromatic rings. The van der Waals surface area contributed by atoms with Crippen molar-refractivity contribution in [3.8, 4) is 0 Å². The average Bonchev–Trinajstić information content (AvgIpc) is 2.29. The van der Waals surface area contributed by atoms with Crippen LogP contribution in [0.5, 0.6) is 0 Å². The van der Waals surface area contributed by atoms with Crippen LogP contribution in [0.15, 0.2) is 24.3 Å². The average molecular weight is 270 g/mol. The van der Waals surface area contributed by atoms with Gasteiger partial charge in [-0.25, -0.2) is 8.42 Å². The first kappa shape index (κ1) is 14.7. The Kier molecular flexibility index (Phi) is 4.90. The van der Waals surface area contributed by atoms with Gasteiger partial charge in [-0.1, -0.05) is 38.1 Å². The summed E-state index contributed by atoms with van der Waals surface area (Å²) in [5.41, 5.74) is 1.76. The zero-order valence-corrected chi connectivity index (χ0v) is 11.4. The van der Waals surface area contributed by atoms with Crippen LogP contribution in [0.3, 0.4) is 0 Å². The second kappa shape index (κ2) is 6.00. The van der Waals surface area contributed by atoms with Gasteiger partial charge in [0, 0.05) is 0 Å². The van der Waals surface area contributed by atoms with E-state index < -0.39 is 21.1 Å². The van der Waals surface area contributed by atoms with Crippen molar-refractivity contribution in [3.63, 3.8) is 0 Å². The molecule has 0 amide bonds. The summed E-state index contributed by atoms with van der Waals surface area (Å²) in [5.74, 6) is -1.50. The van der Waals surface area contributed by atoms with Crippen LogP contribution in [0, 0.1) is 0 Å². The number of aliphatic carboxylic acids is 1. The number of rotatable bonds is 6. The van der Waals surface area contributed by atoms with E-state index in [-0.39, 0.29) is 12.2 Å². The molecule has 0 saturated heterocycles. The normalized spacial score (nSPS) is 13.2. The van der Waals surface area contributed by atoms with Crippen LogP contribution in [0.25, 0.3) is 0 Å². The molecule has 100 valence electrons. The molecule has 0 bridgehead atoms. The maximum Gasteiger partial charge on any atom is 0.321 e. The number of aryl methyl sites for hydroxylation is 1. The molecule has 0 saturated carbocycles. The lowest BCUT2D eigenvalue weighted by atomic mass is 10.1. The predicted molar refractivity (Wildman–Crippen MR) is 70.2 cm³/mol. The summed E-state index contributed by atoms with van der Waals surface area (Å²) >= 11 is 0. The highest BCUT2D eigenvalue weighted by Crippen LogP contribution is 2.15. The molecule has 18 heavy (non-hydrogen) atoms. The SMILES string of the molecule is CCc1ccc(CS(=O)(=O)C(CC)C(=O)O)cc1. The van der Waals surface area contributed by atoms with Crippen LogP contribution in [-0.4, -0.2) is 24.7 Å². The number of hydrogen-bond donors (Lipinski definition) is 1. The molecule has 1 unspecified atom stereocenters. The Hall–Kier alpha value is -1.36. The van der Waals surface area contributed by atoms with Crippen LogP contribution < -0.4 is 0 Å². The van der Waals surface area contributed by atoms with Gasteiger partial charge in [0.15, 0.2) is 15.1 Å². The third-order valence-electron chi connectivity index (χ3n) is 2.88. The van der Waals surface area contributed by atoms with Gasteiger partial charge in [0.1, 0.15) is 0 Å².